The second-order valence-electron chi connectivity index (χ2n) is 7.81. The number of carbonyl (C=O) groups excluding carboxylic acids is 1. The Kier molecular flexibility index (Phi) is 5.61. The summed E-state index contributed by atoms with van der Waals surface area (Å²) in [6.07, 6.45) is 0. The second-order valence-corrected chi connectivity index (χ2v) is 8.73. The highest BCUT2D eigenvalue weighted by Crippen LogP contribution is 2.19. The van der Waals surface area contributed by atoms with Crippen molar-refractivity contribution >= 4 is 33.1 Å². The molecule has 6 nitrogen and oxygen atoms in total. The number of anilines is 1. The highest BCUT2D eigenvalue weighted by Gasteiger charge is 2.18. The van der Waals surface area contributed by atoms with Crippen LogP contribution in [0.25, 0.3) is 15.9 Å². The molecule has 0 unspecified atom stereocenters. The summed E-state index contributed by atoms with van der Waals surface area (Å²) in [5, 5.41) is 4.63. The van der Waals surface area contributed by atoms with Gasteiger partial charge in [0.1, 0.15) is 11.2 Å². The van der Waals surface area contributed by atoms with E-state index in [4.69, 9.17) is 0 Å². The summed E-state index contributed by atoms with van der Waals surface area (Å²) < 4.78 is 2.94. The van der Waals surface area contributed by atoms with Gasteiger partial charge in [0.25, 0.3) is 5.56 Å². The first-order valence-electron chi connectivity index (χ1n) is 10.0. The molecule has 31 heavy (non-hydrogen) atoms. The molecule has 7 heteroatoms. The minimum absolute atomic E-state index is 0.190. The van der Waals surface area contributed by atoms with Gasteiger partial charge in [-0.25, -0.2) is 9.36 Å². The first-order valence-corrected chi connectivity index (χ1v) is 10.9. The number of amides is 1. The summed E-state index contributed by atoms with van der Waals surface area (Å²) in [6, 6.07) is 16.6. The highest BCUT2D eigenvalue weighted by atomic mass is 32.1. The van der Waals surface area contributed by atoms with Crippen molar-refractivity contribution in [1.82, 2.24) is 9.13 Å². The maximum absolute atomic E-state index is 13.3. The van der Waals surface area contributed by atoms with E-state index in [0.29, 0.717) is 27.5 Å². The molecule has 0 atom stereocenters. The number of nitrogens with one attached hydrogen (secondary N) is 1. The standard InChI is InChI=1S/C24H23N3O3S/c1-15(2)17-7-5-8-18(13-17)25-21(28)14-26-20-10-11-31-22(20)23(29)27(24(26)30)19-9-4-6-16(3)12-19/h4-13,15H,14H2,1-3H3,(H,25,28). The molecule has 1 amide bonds. The van der Waals surface area contributed by atoms with E-state index in [9.17, 15) is 14.4 Å². The zero-order valence-corrected chi connectivity index (χ0v) is 18.4. The summed E-state index contributed by atoms with van der Waals surface area (Å²) in [5.74, 6) is 0.00716. The van der Waals surface area contributed by atoms with Crippen molar-refractivity contribution in [3.05, 3.63) is 91.9 Å². The molecule has 0 aliphatic carbocycles. The number of rotatable bonds is 5. The monoisotopic (exact) mass is 433 g/mol. The molecule has 0 spiro atoms. The SMILES string of the molecule is Cc1cccc(-n2c(=O)c3sccc3n(CC(=O)Nc3cccc(C(C)C)c3)c2=O)c1. The molecule has 0 aliphatic rings. The lowest BCUT2D eigenvalue weighted by Gasteiger charge is -2.13. The van der Waals surface area contributed by atoms with Crippen LogP contribution in [-0.2, 0) is 11.3 Å². The highest BCUT2D eigenvalue weighted by molar-refractivity contribution is 7.17. The Labute approximate surface area is 183 Å². The minimum atomic E-state index is -0.535. The Morgan fingerprint density at radius 1 is 1.06 bits per heavy atom. The van der Waals surface area contributed by atoms with E-state index in [1.165, 1.54) is 15.9 Å². The molecule has 4 rings (SSSR count). The van der Waals surface area contributed by atoms with E-state index in [2.05, 4.69) is 19.2 Å². The fourth-order valence-corrected chi connectivity index (χ4v) is 4.38. The number of aromatic nitrogens is 2. The molecule has 0 fully saturated rings. The number of nitrogens with zero attached hydrogens (tertiary/aromatic N) is 2. The van der Waals surface area contributed by atoms with E-state index >= 15 is 0 Å². The van der Waals surface area contributed by atoms with Crippen molar-refractivity contribution in [2.45, 2.75) is 33.2 Å². The van der Waals surface area contributed by atoms with Crippen molar-refractivity contribution in [1.29, 1.82) is 0 Å². The Hall–Kier alpha value is -3.45. The number of fused-ring (bicyclic) bond motifs is 1. The first kappa shape index (κ1) is 20.8. The lowest BCUT2D eigenvalue weighted by molar-refractivity contribution is -0.116. The van der Waals surface area contributed by atoms with Crippen LogP contribution in [0.5, 0.6) is 0 Å². The fourth-order valence-electron chi connectivity index (χ4n) is 3.55. The zero-order valence-electron chi connectivity index (χ0n) is 17.6. The van der Waals surface area contributed by atoms with Gasteiger partial charge in [0.2, 0.25) is 5.91 Å². The molecule has 0 saturated carbocycles. The molecule has 158 valence electrons. The molecule has 4 aromatic rings. The summed E-state index contributed by atoms with van der Waals surface area (Å²) >= 11 is 1.26. The van der Waals surface area contributed by atoms with Gasteiger partial charge in [-0.15, -0.1) is 11.3 Å². The largest absolute Gasteiger partial charge is 0.336 e. The second kappa shape index (κ2) is 8.35. The van der Waals surface area contributed by atoms with E-state index in [1.54, 1.807) is 29.6 Å². The number of benzene rings is 2. The van der Waals surface area contributed by atoms with E-state index in [1.807, 2.05) is 37.3 Å². The van der Waals surface area contributed by atoms with Gasteiger partial charge < -0.3 is 5.32 Å². The fraction of sp³-hybridized carbons (Fsp3) is 0.208. The van der Waals surface area contributed by atoms with Gasteiger partial charge >= 0.3 is 5.69 Å². The Morgan fingerprint density at radius 3 is 2.58 bits per heavy atom. The number of hydrogen-bond acceptors (Lipinski definition) is 4. The van der Waals surface area contributed by atoms with Gasteiger partial charge in [0.15, 0.2) is 0 Å². The van der Waals surface area contributed by atoms with Gasteiger partial charge in [0, 0.05) is 5.69 Å². The lowest BCUT2D eigenvalue weighted by atomic mass is 10.0. The number of hydrogen-bond donors (Lipinski definition) is 1. The molecule has 0 saturated heterocycles. The van der Waals surface area contributed by atoms with Crippen LogP contribution in [0.15, 0.2) is 69.6 Å². The molecule has 0 aliphatic heterocycles. The van der Waals surface area contributed by atoms with Crippen LogP contribution >= 0.6 is 11.3 Å². The van der Waals surface area contributed by atoms with Gasteiger partial charge in [-0.3, -0.25) is 14.2 Å². The third-order valence-corrected chi connectivity index (χ3v) is 6.05. The molecule has 2 aromatic carbocycles. The predicted octanol–water partition coefficient (Wildman–Crippen LogP) is 4.28. The minimum Gasteiger partial charge on any atom is -0.325 e. The van der Waals surface area contributed by atoms with Crippen LogP contribution in [0.1, 0.15) is 30.9 Å². The molecule has 1 N–H and O–H groups in total. The summed E-state index contributed by atoms with van der Waals surface area (Å²) in [7, 11) is 0. The van der Waals surface area contributed by atoms with Crippen LogP contribution < -0.4 is 16.6 Å². The zero-order chi connectivity index (χ0) is 22.1. The van der Waals surface area contributed by atoms with Crippen molar-refractivity contribution in [2.24, 2.45) is 0 Å². The van der Waals surface area contributed by atoms with Crippen LogP contribution in [0.3, 0.4) is 0 Å². The van der Waals surface area contributed by atoms with Crippen LogP contribution in [0.2, 0.25) is 0 Å². The first-order chi connectivity index (χ1) is 14.8. The molecular weight excluding hydrogens is 410 g/mol. The normalized spacial score (nSPS) is 11.2. The Bertz CT molecular complexity index is 1400. The van der Waals surface area contributed by atoms with Crippen molar-refractivity contribution in [2.75, 3.05) is 5.32 Å². The van der Waals surface area contributed by atoms with Gasteiger partial charge in [-0.05, 0) is 59.7 Å². The summed E-state index contributed by atoms with van der Waals surface area (Å²) in [5.41, 5.74) is 2.78. The van der Waals surface area contributed by atoms with Crippen LogP contribution in [-0.4, -0.2) is 15.0 Å². The number of thiophene rings is 1. The topological polar surface area (TPSA) is 73.1 Å². The molecule has 2 aromatic heterocycles. The van der Waals surface area contributed by atoms with Crippen LogP contribution in [0.4, 0.5) is 5.69 Å². The van der Waals surface area contributed by atoms with Gasteiger partial charge in [-0.1, -0.05) is 38.1 Å². The third kappa shape index (κ3) is 4.09. The van der Waals surface area contributed by atoms with E-state index in [0.717, 1.165) is 15.7 Å². The third-order valence-electron chi connectivity index (χ3n) is 5.15. The molecule has 0 radical (unpaired) electrons. The smallest absolute Gasteiger partial charge is 0.325 e. The molecule has 0 bridgehead atoms. The summed E-state index contributed by atoms with van der Waals surface area (Å²) in [4.78, 5) is 39.1. The van der Waals surface area contributed by atoms with Crippen molar-refractivity contribution in [3.8, 4) is 5.69 Å². The van der Waals surface area contributed by atoms with E-state index < -0.39 is 5.69 Å². The average molecular weight is 434 g/mol. The number of carbonyl (C=O) groups is 1. The lowest BCUT2D eigenvalue weighted by Crippen LogP contribution is -2.40. The Balaban J connectivity index is 1.75. The maximum Gasteiger partial charge on any atom is 0.336 e. The summed E-state index contributed by atoms with van der Waals surface area (Å²) in [6.45, 7) is 5.88. The van der Waals surface area contributed by atoms with Crippen molar-refractivity contribution < 1.29 is 4.79 Å². The average Bonchev–Trinajstić information content (AvgIpc) is 3.22. The molecular formula is C24H23N3O3S. The van der Waals surface area contributed by atoms with Gasteiger partial charge in [0.05, 0.1) is 11.2 Å². The Morgan fingerprint density at radius 2 is 1.84 bits per heavy atom. The van der Waals surface area contributed by atoms with Crippen LogP contribution in [0, 0.1) is 6.92 Å². The molecule has 2 heterocycles. The van der Waals surface area contributed by atoms with Crippen molar-refractivity contribution in [3.63, 3.8) is 0 Å². The predicted molar refractivity (Wildman–Crippen MR) is 126 cm³/mol. The maximum atomic E-state index is 13.3. The number of aryl methyl sites for hydroxylation is 1. The van der Waals surface area contributed by atoms with E-state index in [-0.39, 0.29) is 18.0 Å². The van der Waals surface area contributed by atoms with Gasteiger partial charge in [-0.2, -0.15) is 0 Å². The quantitative estimate of drug-likeness (QED) is 0.510.